The molecule has 1 saturated carbocycles. The molecule has 0 aromatic heterocycles. The summed E-state index contributed by atoms with van der Waals surface area (Å²) in [5.74, 6) is 1.56. The average molecular weight is 283 g/mol. The number of halogens is 1. The molecule has 1 aromatic carbocycles. The molecule has 1 fully saturated rings. The third-order valence-corrected chi connectivity index (χ3v) is 3.17. The van der Waals surface area contributed by atoms with E-state index in [1.807, 2.05) is 0 Å². The van der Waals surface area contributed by atoms with Crippen molar-refractivity contribution in [1.29, 1.82) is 0 Å². The molecule has 1 aliphatic rings. The molecule has 0 unspecified atom stereocenters. The first-order valence-electron chi connectivity index (χ1n) is 6.60. The first-order valence-corrected chi connectivity index (χ1v) is 6.97. The molecule has 0 atom stereocenters. The molecule has 0 aliphatic heterocycles. The molecule has 1 aliphatic carbocycles. The standard InChI is InChI=1S/C14H19ClN2O2/c15-12-3-5-13(6-4-12)19-8-7-17-14(18)10-16-9-11-1-2-11/h3-6,11,16H,1-2,7-10H2,(H,17,18). The molecule has 2 rings (SSSR count). The largest absolute Gasteiger partial charge is 0.492 e. The van der Waals surface area contributed by atoms with Crippen molar-refractivity contribution < 1.29 is 9.53 Å². The van der Waals surface area contributed by atoms with Crippen molar-refractivity contribution in [1.82, 2.24) is 10.6 Å². The van der Waals surface area contributed by atoms with Crippen LogP contribution in [0.25, 0.3) is 0 Å². The van der Waals surface area contributed by atoms with Gasteiger partial charge in [-0.1, -0.05) is 11.6 Å². The first-order chi connectivity index (χ1) is 9.24. The summed E-state index contributed by atoms with van der Waals surface area (Å²) in [5.41, 5.74) is 0. The fourth-order valence-electron chi connectivity index (χ4n) is 1.66. The number of carbonyl (C=O) groups is 1. The SMILES string of the molecule is O=C(CNCC1CC1)NCCOc1ccc(Cl)cc1. The van der Waals surface area contributed by atoms with Gasteiger partial charge in [-0.15, -0.1) is 0 Å². The summed E-state index contributed by atoms with van der Waals surface area (Å²) in [6.45, 7) is 2.30. The molecule has 5 heteroatoms. The number of benzene rings is 1. The second-order valence-electron chi connectivity index (χ2n) is 4.73. The van der Waals surface area contributed by atoms with E-state index in [0.717, 1.165) is 18.2 Å². The molecule has 104 valence electrons. The van der Waals surface area contributed by atoms with Gasteiger partial charge in [0.25, 0.3) is 0 Å². The number of hydrogen-bond acceptors (Lipinski definition) is 3. The predicted octanol–water partition coefficient (Wildman–Crippen LogP) is 1.83. The van der Waals surface area contributed by atoms with E-state index in [0.29, 0.717) is 24.7 Å². The Balaban J connectivity index is 1.50. The van der Waals surface area contributed by atoms with Crippen LogP contribution in [0.1, 0.15) is 12.8 Å². The highest BCUT2D eigenvalue weighted by atomic mass is 35.5. The van der Waals surface area contributed by atoms with E-state index in [9.17, 15) is 4.79 Å². The molecule has 0 spiro atoms. The fourth-order valence-corrected chi connectivity index (χ4v) is 1.79. The van der Waals surface area contributed by atoms with Crippen molar-refractivity contribution >= 4 is 17.5 Å². The summed E-state index contributed by atoms with van der Waals surface area (Å²) < 4.78 is 5.47. The van der Waals surface area contributed by atoms with Crippen LogP contribution in [-0.2, 0) is 4.79 Å². The van der Waals surface area contributed by atoms with Gasteiger partial charge < -0.3 is 15.4 Å². The topological polar surface area (TPSA) is 50.4 Å². The van der Waals surface area contributed by atoms with Crippen molar-refractivity contribution in [2.45, 2.75) is 12.8 Å². The Morgan fingerprint density at radius 3 is 2.74 bits per heavy atom. The van der Waals surface area contributed by atoms with Crippen LogP contribution < -0.4 is 15.4 Å². The van der Waals surface area contributed by atoms with Crippen LogP contribution in [0.5, 0.6) is 5.75 Å². The second kappa shape index (κ2) is 7.36. The minimum atomic E-state index is 0.0142. The Morgan fingerprint density at radius 1 is 1.32 bits per heavy atom. The van der Waals surface area contributed by atoms with Gasteiger partial charge in [0, 0.05) is 5.02 Å². The van der Waals surface area contributed by atoms with Crippen molar-refractivity contribution in [2.24, 2.45) is 5.92 Å². The lowest BCUT2D eigenvalue weighted by Crippen LogP contribution is -2.36. The van der Waals surface area contributed by atoms with E-state index >= 15 is 0 Å². The van der Waals surface area contributed by atoms with Crippen molar-refractivity contribution in [3.63, 3.8) is 0 Å². The number of hydrogen-bond donors (Lipinski definition) is 2. The molecule has 2 N–H and O–H groups in total. The lowest BCUT2D eigenvalue weighted by atomic mass is 10.3. The summed E-state index contributed by atoms with van der Waals surface area (Å²) in [6.07, 6.45) is 2.59. The Kier molecular flexibility index (Phi) is 5.48. The molecular formula is C14H19ClN2O2. The Labute approximate surface area is 118 Å². The Hall–Kier alpha value is -1.26. The number of carbonyl (C=O) groups excluding carboxylic acids is 1. The minimum Gasteiger partial charge on any atom is -0.492 e. The third-order valence-electron chi connectivity index (χ3n) is 2.92. The molecule has 1 aromatic rings. The summed E-state index contributed by atoms with van der Waals surface area (Å²) in [6, 6.07) is 7.16. The van der Waals surface area contributed by atoms with Crippen LogP contribution in [0.15, 0.2) is 24.3 Å². The van der Waals surface area contributed by atoms with Gasteiger partial charge in [-0.05, 0) is 49.6 Å². The number of rotatable bonds is 8. The molecule has 0 saturated heterocycles. The van der Waals surface area contributed by atoms with Crippen molar-refractivity contribution in [3.8, 4) is 5.75 Å². The van der Waals surface area contributed by atoms with Gasteiger partial charge >= 0.3 is 0 Å². The zero-order valence-corrected chi connectivity index (χ0v) is 11.6. The summed E-state index contributed by atoms with van der Waals surface area (Å²) in [7, 11) is 0. The van der Waals surface area contributed by atoms with Gasteiger partial charge in [0.2, 0.25) is 5.91 Å². The number of ether oxygens (including phenoxy) is 1. The predicted molar refractivity (Wildman–Crippen MR) is 75.6 cm³/mol. The van der Waals surface area contributed by atoms with Crippen LogP contribution in [-0.4, -0.2) is 32.1 Å². The Morgan fingerprint density at radius 2 is 2.05 bits per heavy atom. The molecule has 0 heterocycles. The zero-order valence-electron chi connectivity index (χ0n) is 10.8. The molecular weight excluding hydrogens is 264 g/mol. The maximum atomic E-state index is 11.5. The molecule has 0 bridgehead atoms. The van der Waals surface area contributed by atoms with Crippen LogP contribution in [0.2, 0.25) is 5.02 Å². The van der Waals surface area contributed by atoms with Gasteiger partial charge in [0.15, 0.2) is 0 Å². The van der Waals surface area contributed by atoms with Crippen LogP contribution >= 0.6 is 11.6 Å². The molecule has 1 amide bonds. The van der Waals surface area contributed by atoms with Gasteiger partial charge in [-0.3, -0.25) is 4.79 Å². The quantitative estimate of drug-likeness (QED) is 0.715. The summed E-state index contributed by atoms with van der Waals surface area (Å²) >= 11 is 5.77. The summed E-state index contributed by atoms with van der Waals surface area (Å²) in [5, 5.41) is 6.63. The number of amides is 1. The van der Waals surface area contributed by atoms with Crippen molar-refractivity contribution in [2.75, 3.05) is 26.2 Å². The van der Waals surface area contributed by atoms with Crippen LogP contribution in [0.3, 0.4) is 0 Å². The highest BCUT2D eigenvalue weighted by Crippen LogP contribution is 2.27. The highest BCUT2D eigenvalue weighted by Gasteiger charge is 2.20. The Bertz CT molecular complexity index is 404. The lowest BCUT2D eigenvalue weighted by molar-refractivity contribution is -0.120. The van der Waals surface area contributed by atoms with E-state index in [2.05, 4.69) is 10.6 Å². The first kappa shape index (κ1) is 14.2. The zero-order chi connectivity index (χ0) is 13.5. The number of nitrogens with one attached hydrogen (secondary N) is 2. The normalized spacial score (nSPS) is 14.2. The van der Waals surface area contributed by atoms with Gasteiger partial charge in [0.1, 0.15) is 12.4 Å². The second-order valence-corrected chi connectivity index (χ2v) is 5.16. The molecule has 4 nitrogen and oxygen atoms in total. The van der Waals surface area contributed by atoms with Gasteiger partial charge in [-0.2, -0.15) is 0 Å². The highest BCUT2D eigenvalue weighted by molar-refractivity contribution is 6.30. The van der Waals surface area contributed by atoms with Crippen LogP contribution in [0.4, 0.5) is 0 Å². The average Bonchev–Trinajstić information content (AvgIpc) is 3.21. The van der Waals surface area contributed by atoms with E-state index in [4.69, 9.17) is 16.3 Å². The molecule has 19 heavy (non-hydrogen) atoms. The van der Waals surface area contributed by atoms with Gasteiger partial charge in [0.05, 0.1) is 13.1 Å². The van der Waals surface area contributed by atoms with Gasteiger partial charge in [-0.25, -0.2) is 0 Å². The van der Waals surface area contributed by atoms with Crippen molar-refractivity contribution in [3.05, 3.63) is 29.3 Å². The smallest absolute Gasteiger partial charge is 0.234 e. The van der Waals surface area contributed by atoms with E-state index < -0.39 is 0 Å². The minimum absolute atomic E-state index is 0.0142. The third kappa shape index (κ3) is 5.94. The lowest BCUT2D eigenvalue weighted by Gasteiger charge is -2.08. The molecule has 0 radical (unpaired) electrons. The van der Waals surface area contributed by atoms with E-state index in [1.54, 1.807) is 24.3 Å². The van der Waals surface area contributed by atoms with E-state index in [1.165, 1.54) is 12.8 Å². The monoisotopic (exact) mass is 282 g/mol. The summed E-state index contributed by atoms with van der Waals surface area (Å²) in [4.78, 5) is 11.5. The fraction of sp³-hybridized carbons (Fsp3) is 0.500. The maximum absolute atomic E-state index is 11.5. The van der Waals surface area contributed by atoms with E-state index in [-0.39, 0.29) is 5.91 Å². The maximum Gasteiger partial charge on any atom is 0.234 e. The van der Waals surface area contributed by atoms with Crippen LogP contribution in [0, 0.1) is 5.92 Å².